The van der Waals surface area contributed by atoms with Gasteiger partial charge in [0.25, 0.3) is 5.56 Å². The Balaban J connectivity index is 1.63. The molecule has 1 aliphatic carbocycles. The molecule has 1 aliphatic heterocycles. The Morgan fingerprint density at radius 2 is 1.88 bits per heavy atom. The Morgan fingerprint density at radius 3 is 2.51 bits per heavy atom. The van der Waals surface area contributed by atoms with Crippen LogP contribution in [0.1, 0.15) is 74.6 Å². The number of hydrogen-bond acceptors (Lipinski definition) is 5. The highest BCUT2D eigenvalue weighted by Crippen LogP contribution is 2.38. The fraction of sp³-hybridized carbons (Fsp3) is 0.594. The summed E-state index contributed by atoms with van der Waals surface area (Å²) in [4.78, 5) is 43.7. The van der Waals surface area contributed by atoms with Crippen molar-refractivity contribution < 1.29 is 19.1 Å². The molecule has 4 rings (SSSR count). The van der Waals surface area contributed by atoms with Crippen molar-refractivity contribution in [3.63, 3.8) is 0 Å². The number of carbonyl (C=O) groups excluding carboxylic acids is 2. The number of pyridine rings is 1. The van der Waals surface area contributed by atoms with Gasteiger partial charge in [-0.25, -0.2) is 4.79 Å². The van der Waals surface area contributed by atoms with E-state index in [9.17, 15) is 14.4 Å². The molecule has 1 aromatic heterocycles. The Morgan fingerprint density at radius 1 is 1.15 bits per heavy atom. The second kappa shape index (κ2) is 13.1. The van der Waals surface area contributed by atoms with Crippen LogP contribution in [-0.2, 0) is 34.3 Å². The number of ether oxygens (including phenoxy) is 2. The average Bonchev–Trinajstić information content (AvgIpc) is 3.75. The summed E-state index contributed by atoms with van der Waals surface area (Å²) in [6, 6.07) is 8.08. The van der Waals surface area contributed by atoms with Crippen LogP contribution in [0.3, 0.4) is 0 Å². The fourth-order valence-corrected chi connectivity index (χ4v) is 6.18. The first-order chi connectivity index (χ1) is 19.4. The number of nitrogens with zero attached hydrogens (tertiary/aromatic N) is 3. The number of hydrogen-bond donors (Lipinski definition) is 0. The molecule has 2 fully saturated rings. The number of aryl methyl sites for hydroxylation is 2. The second-order valence-electron chi connectivity index (χ2n) is 12.5. The van der Waals surface area contributed by atoms with E-state index in [-0.39, 0.29) is 30.0 Å². The predicted molar refractivity (Wildman–Crippen MR) is 163 cm³/mol. The van der Waals surface area contributed by atoms with E-state index in [0.29, 0.717) is 26.1 Å². The minimum atomic E-state index is -0.626. The van der Waals surface area contributed by atoms with Gasteiger partial charge in [-0.15, -0.1) is 0 Å². The normalized spacial score (nSPS) is 19.2. The average molecular weight is 631 g/mol. The number of benzene rings is 1. The topological polar surface area (TPSA) is 81.1 Å². The maximum absolute atomic E-state index is 14.5. The van der Waals surface area contributed by atoms with Gasteiger partial charge in [0.15, 0.2) is 0 Å². The standard InChI is InChI=1S/C32H44BrN3O5/c1-21-23(8-7-15-40-6)16-22(17-28(21)33)19-36(25-9-10-25)30(38)27-20-35(31(39)41-32(2,3)4)14-12-26(27)24-11-13-34(5)29(37)18-24/h11,13,16-18,25-27H,7-10,12,14-15,19-20H2,1-6H3. The van der Waals surface area contributed by atoms with Crippen molar-refractivity contribution in [3.05, 3.63) is 67.5 Å². The zero-order valence-electron chi connectivity index (χ0n) is 25.2. The molecule has 2 atom stereocenters. The van der Waals surface area contributed by atoms with Crippen LogP contribution in [0.5, 0.6) is 0 Å². The molecular weight excluding hydrogens is 586 g/mol. The van der Waals surface area contributed by atoms with Crippen LogP contribution in [0.2, 0.25) is 0 Å². The molecule has 2 unspecified atom stereocenters. The van der Waals surface area contributed by atoms with E-state index in [0.717, 1.165) is 41.3 Å². The van der Waals surface area contributed by atoms with Crippen molar-refractivity contribution in [2.24, 2.45) is 13.0 Å². The van der Waals surface area contributed by atoms with E-state index in [1.807, 2.05) is 31.7 Å². The number of piperidine rings is 1. The van der Waals surface area contributed by atoms with Gasteiger partial charge in [-0.2, -0.15) is 0 Å². The SMILES string of the molecule is COCCCc1cc(CN(C(=O)C2CN(C(=O)OC(C)(C)C)CCC2c2ccn(C)c(=O)c2)C2CC2)cc(Br)c1C. The van der Waals surface area contributed by atoms with Crippen LogP contribution in [0.25, 0.3) is 0 Å². The first kappa shape index (κ1) is 31.3. The zero-order valence-corrected chi connectivity index (χ0v) is 26.8. The lowest BCUT2D eigenvalue weighted by Crippen LogP contribution is -2.51. The summed E-state index contributed by atoms with van der Waals surface area (Å²) < 4.78 is 13.5. The summed E-state index contributed by atoms with van der Waals surface area (Å²) in [5.74, 6) is -0.603. The number of methoxy groups -OCH3 is 1. The summed E-state index contributed by atoms with van der Waals surface area (Å²) in [5, 5.41) is 0. The van der Waals surface area contributed by atoms with Crippen molar-refractivity contribution >= 4 is 27.9 Å². The number of halogens is 1. The molecule has 0 spiro atoms. The van der Waals surface area contributed by atoms with Crippen LogP contribution >= 0.6 is 15.9 Å². The monoisotopic (exact) mass is 629 g/mol. The molecule has 0 bridgehead atoms. The third-order valence-electron chi connectivity index (χ3n) is 8.07. The van der Waals surface area contributed by atoms with Crippen molar-refractivity contribution in [1.29, 1.82) is 0 Å². The first-order valence-electron chi connectivity index (χ1n) is 14.6. The Hall–Kier alpha value is -2.65. The van der Waals surface area contributed by atoms with Gasteiger partial charge in [-0.3, -0.25) is 9.59 Å². The molecule has 0 N–H and O–H groups in total. The molecular formula is C32H44BrN3O5. The Labute approximate surface area is 252 Å². The number of aromatic nitrogens is 1. The molecule has 9 heteroatoms. The summed E-state index contributed by atoms with van der Waals surface area (Å²) in [6.07, 6.45) is 5.71. The molecule has 1 aromatic carbocycles. The lowest BCUT2D eigenvalue weighted by Gasteiger charge is -2.40. The quantitative estimate of drug-likeness (QED) is 0.339. The second-order valence-corrected chi connectivity index (χ2v) is 13.3. The fourth-order valence-electron chi connectivity index (χ4n) is 5.63. The molecule has 1 saturated carbocycles. The zero-order chi connectivity index (χ0) is 29.9. The smallest absolute Gasteiger partial charge is 0.410 e. The highest BCUT2D eigenvalue weighted by Gasteiger charge is 2.43. The molecule has 41 heavy (non-hydrogen) atoms. The van der Waals surface area contributed by atoms with Crippen molar-refractivity contribution in [1.82, 2.24) is 14.4 Å². The highest BCUT2D eigenvalue weighted by molar-refractivity contribution is 9.10. The van der Waals surface area contributed by atoms with Gasteiger partial charge in [-0.05, 0) is 100 Å². The van der Waals surface area contributed by atoms with Crippen molar-refractivity contribution in [3.8, 4) is 0 Å². The van der Waals surface area contributed by atoms with Crippen LogP contribution in [-0.4, -0.2) is 64.8 Å². The van der Waals surface area contributed by atoms with E-state index in [1.54, 1.807) is 31.3 Å². The van der Waals surface area contributed by atoms with Gasteiger partial charge in [0.05, 0.1) is 5.92 Å². The molecule has 2 amide bonds. The van der Waals surface area contributed by atoms with E-state index < -0.39 is 17.6 Å². The highest BCUT2D eigenvalue weighted by atomic mass is 79.9. The van der Waals surface area contributed by atoms with Gasteiger partial charge in [0, 0.05) is 63.2 Å². The lowest BCUT2D eigenvalue weighted by atomic mass is 9.79. The number of likely N-dealkylation sites (tertiary alicyclic amines) is 1. The van der Waals surface area contributed by atoms with Gasteiger partial charge in [0.2, 0.25) is 5.91 Å². The van der Waals surface area contributed by atoms with Crippen LogP contribution in [0.4, 0.5) is 4.79 Å². The number of rotatable bonds is 9. The third kappa shape index (κ3) is 8.01. The van der Waals surface area contributed by atoms with E-state index in [1.165, 1.54) is 15.7 Å². The molecule has 1 saturated heterocycles. The van der Waals surface area contributed by atoms with Gasteiger partial charge < -0.3 is 23.8 Å². The summed E-state index contributed by atoms with van der Waals surface area (Å²) >= 11 is 3.74. The Bertz CT molecular complexity index is 1310. The van der Waals surface area contributed by atoms with Crippen LogP contribution < -0.4 is 5.56 Å². The number of carbonyl (C=O) groups is 2. The third-order valence-corrected chi connectivity index (χ3v) is 8.89. The minimum absolute atomic E-state index is 0.0315. The lowest BCUT2D eigenvalue weighted by molar-refractivity contribution is -0.139. The molecule has 224 valence electrons. The van der Waals surface area contributed by atoms with Gasteiger partial charge in [-0.1, -0.05) is 22.0 Å². The van der Waals surface area contributed by atoms with Crippen LogP contribution in [0, 0.1) is 12.8 Å². The van der Waals surface area contributed by atoms with Crippen molar-refractivity contribution in [2.75, 3.05) is 26.8 Å². The predicted octanol–water partition coefficient (Wildman–Crippen LogP) is 5.57. The number of amides is 2. The van der Waals surface area contributed by atoms with Crippen molar-refractivity contribution in [2.45, 2.75) is 83.9 Å². The summed E-state index contributed by atoms with van der Waals surface area (Å²) in [7, 11) is 3.44. The largest absolute Gasteiger partial charge is 0.444 e. The minimum Gasteiger partial charge on any atom is -0.444 e. The molecule has 2 aromatic rings. The molecule has 8 nitrogen and oxygen atoms in total. The molecule has 0 radical (unpaired) electrons. The maximum atomic E-state index is 14.5. The van der Waals surface area contributed by atoms with Gasteiger partial charge in [0.1, 0.15) is 5.60 Å². The molecule has 2 aliphatic rings. The summed E-state index contributed by atoms with van der Waals surface area (Å²) in [6.45, 7) is 9.59. The van der Waals surface area contributed by atoms with Crippen LogP contribution in [0.15, 0.2) is 39.7 Å². The Kier molecular flexibility index (Phi) is 10.0. The van der Waals surface area contributed by atoms with E-state index in [4.69, 9.17) is 9.47 Å². The molecule has 2 heterocycles. The van der Waals surface area contributed by atoms with Gasteiger partial charge >= 0.3 is 6.09 Å². The maximum Gasteiger partial charge on any atom is 0.410 e. The summed E-state index contributed by atoms with van der Waals surface area (Å²) in [5.41, 5.74) is 3.66. The first-order valence-corrected chi connectivity index (χ1v) is 15.4. The van der Waals surface area contributed by atoms with E-state index >= 15 is 0 Å². The van der Waals surface area contributed by atoms with E-state index in [2.05, 4.69) is 35.0 Å².